The van der Waals surface area contributed by atoms with Gasteiger partial charge in [-0.25, -0.2) is 0 Å². The molecule has 80 valence electrons. The molecule has 1 fully saturated rings. The molecule has 0 saturated heterocycles. The first kappa shape index (κ1) is 10.2. The van der Waals surface area contributed by atoms with Gasteiger partial charge in [-0.05, 0) is 30.9 Å². The van der Waals surface area contributed by atoms with E-state index < -0.39 is 0 Å². The summed E-state index contributed by atoms with van der Waals surface area (Å²) in [5, 5.41) is 7.71. The monoisotopic (exact) mass is 203 g/mol. The normalized spacial score (nSPS) is 25.5. The summed E-state index contributed by atoms with van der Waals surface area (Å²) in [6.07, 6.45) is 2.05. The van der Waals surface area contributed by atoms with Crippen LogP contribution >= 0.6 is 0 Å². The van der Waals surface area contributed by atoms with Crippen molar-refractivity contribution in [1.82, 2.24) is 0 Å². The van der Waals surface area contributed by atoms with Gasteiger partial charge < -0.3 is 10.1 Å². The predicted molar refractivity (Wildman–Crippen MR) is 61.6 cm³/mol. The minimum atomic E-state index is 0.397. The summed E-state index contributed by atoms with van der Waals surface area (Å²) in [6, 6.07) is 9.90. The Morgan fingerprint density at radius 1 is 1.33 bits per heavy atom. The molecule has 0 amide bonds. The highest BCUT2D eigenvalue weighted by Crippen LogP contribution is 2.29. The van der Waals surface area contributed by atoms with Gasteiger partial charge in [-0.3, -0.25) is 0 Å². The molecule has 2 nitrogen and oxygen atoms in total. The van der Waals surface area contributed by atoms with Gasteiger partial charge in [0.05, 0.1) is 6.61 Å². The van der Waals surface area contributed by atoms with Crippen molar-refractivity contribution in [3.63, 3.8) is 0 Å². The molecule has 2 atom stereocenters. The number of nitrogens with one attached hydrogen (secondary N) is 1. The summed E-state index contributed by atoms with van der Waals surface area (Å²) in [6.45, 7) is 2.88. The van der Waals surface area contributed by atoms with Crippen molar-refractivity contribution in [2.75, 3.05) is 6.61 Å². The summed E-state index contributed by atoms with van der Waals surface area (Å²) < 4.78 is 5.71. The standard InChI is InChI=1S/C13H17NO/c1-10-11(7-8-13(10)14)9-15-12-5-3-2-4-6-12/h2-6,10-11,14H,7-9H2,1H3. The van der Waals surface area contributed by atoms with Crippen molar-refractivity contribution in [2.45, 2.75) is 19.8 Å². The van der Waals surface area contributed by atoms with E-state index >= 15 is 0 Å². The van der Waals surface area contributed by atoms with Crippen molar-refractivity contribution in [2.24, 2.45) is 11.8 Å². The molecule has 1 N–H and O–H groups in total. The maximum absolute atomic E-state index is 7.71. The van der Waals surface area contributed by atoms with E-state index in [1.54, 1.807) is 0 Å². The van der Waals surface area contributed by atoms with E-state index in [1.807, 2.05) is 30.3 Å². The van der Waals surface area contributed by atoms with Gasteiger partial charge in [0, 0.05) is 11.6 Å². The van der Waals surface area contributed by atoms with Crippen LogP contribution < -0.4 is 4.74 Å². The summed E-state index contributed by atoms with van der Waals surface area (Å²) >= 11 is 0. The van der Waals surface area contributed by atoms with Crippen LogP contribution in [0.5, 0.6) is 5.75 Å². The summed E-state index contributed by atoms with van der Waals surface area (Å²) in [4.78, 5) is 0. The molecule has 2 rings (SSSR count). The third-order valence-electron chi connectivity index (χ3n) is 3.25. The number of rotatable bonds is 3. The van der Waals surface area contributed by atoms with E-state index in [0.717, 1.165) is 30.9 Å². The highest BCUT2D eigenvalue weighted by Gasteiger charge is 2.28. The molecule has 1 aliphatic carbocycles. The minimum absolute atomic E-state index is 0.397. The first-order valence-electron chi connectivity index (χ1n) is 5.52. The zero-order chi connectivity index (χ0) is 10.7. The molecule has 1 aromatic rings. The molecular formula is C13H17NO. The lowest BCUT2D eigenvalue weighted by molar-refractivity contribution is 0.232. The van der Waals surface area contributed by atoms with Crippen molar-refractivity contribution < 1.29 is 4.74 Å². The van der Waals surface area contributed by atoms with Crippen LogP contribution in [-0.2, 0) is 0 Å². The molecule has 2 unspecified atom stereocenters. The molecule has 0 spiro atoms. The van der Waals surface area contributed by atoms with Crippen LogP contribution in [0.4, 0.5) is 0 Å². The fraction of sp³-hybridized carbons (Fsp3) is 0.462. The lowest BCUT2D eigenvalue weighted by Crippen LogP contribution is -2.17. The average Bonchev–Trinajstić information content (AvgIpc) is 2.59. The van der Waals surface area contributed by atoms with Gasteiger partial charge in [0.1, 0.15) is 5.75 Å². The Morgan fingerprint density at radius 3 is 2.67 bits per heavy atom. The maximum atomic E-state index is 7.71. The Kier molecular flexibility index (Phi) is 3.05. The quantitative estimate of drug-likeness (QED) is 0.804. The molecule has 0 aliphatic heterocycles. The van der Waals surface area contributed by atoms with Crippen LogP contribution in [-0.4, -0.2) is 12.3 Å². The topological polar surface area (TPSA) is 33.1 Å². The number of hydrogen-bond donors (Lipinski definition) is 1. The van der Waals surface area contributed by atoms with E-state index in [4.69, 9.17) is 10.1 Å². The fourth-order valence-corrected chi connectivity index (χ4v) is 2.05. The fourth-order valence-electron chi connectivity index (χ4n) is 2.05. The van der Waals surface area contributed by atoms with Crippen molar-refractivity contribution >= 4 is 5.71 Å². The minimum Gasteiger partial charge on any atom is -0.493 e. The number of para-hydroxylation sites is 1. The summed E-state index contributed by atoms with van der Waals surface area (Å²) in [7, 11) is 0. The van der Waals surface area contributed by atoms with E-state index in [9.17, 15) is 0 Å². The smallest absolute Gasteiger partial charge is 0.119 e. The molecule has 2 heteroatoms. The van der Waals surface area contributed by atoms with Crippen molar-refractivity contribution in [3.05, 3.63) is 30.3 Å². The predicted octanol–water partition coefficient (Wildman–Crippen LogP) is 3.13. The van der Waals surface area contributed by atoms with Gasteiger partial charge in [-0.1, -0.05) is 25.1 Å². The van der Waals surface area contributed by atoms with E-state index in [-0.39, 0.29) is 0 Å². The molecular weight excluding hydrogens is 186 g/mol. The van der Waals surface area contributed by atoms with Crippen molar-refractivity contribution in [1.29, 1.82) is 5.41 Å². The molecule has 0 heterocycles. The second-order valence-electron chi connectivity index (χ2n) is 4.24. The van der Waals surface area contributed by atoms with E-state index in [1.165, 1.54) is 0 Å². The first-order chi connectivity index (χ1) is 7.27. The zero-order valence-electron chi connectivity index (χ0n) is 9.07. The van der Waals surface area contributed by atoms with Crippen LogP contribution in [0.25, 0.3) is 0 Å². The number of benzene rings is 1. The van der Waals surface area contributed by atoms with Gasteiger partial charge in [-0.15, -0.1) is 0 Å². The molecule has 0 aromatic heterocycles. The molecule has 1 saturated carbocycles. The third-order valence-corrected chi connectivity index (χ3v) is 3.25. The Balaban J connectivity index is 1.87. The van der Waals surface area contributed by atoms with Gasteiger partial charge >= 0.3 is 0 Å². The van der Waals surface area contributed by atoms with Gasteiger partial charge in [-0.2, -0.15) is 0 Å². The van der Waals surface area contributed by atoms with E-state index in [2.05, 4.69) is 6.92 Å². The zero-order valence-corrected chi connectivity index (χ0v) is 9.07. The Hall–Kier alpha value is -1.31. The highest BCUT2D eigenvalue weighted by atomic mass is 16.5. The number of hydrogen-bond acceptors (Lipinski definition) is 2. The van der Waals surface area contributed by atoms with Crippen LogP contribution in [0.3, 0.4) is 0 Å². The van der Waals surface area contributed by atoms with Crippen LogP contribution in [0.15, 0.2) is 30.3 Å². The van der Waals surface area contributed by atoms with Crippen molar-refractivity contribution in [3.8, 4) is 5.75 Å². The van der Waals surface area contributed by atoms with Crippen LogP contribution in [0.1, 0.15) is 19.8 Å². The molecule has 15 heavy (non-hydrogen) atoms. The highest BCUT2D eigenvalue weighted by molar-refractivity contribution is 5.85. The van der Waals surface area contributed by atoms with Gasteiger partial charge in [0.15, 0.2) is 0 Å². The largest absolute Gasteiger partial charge is 0.493 e. The molecule has 1 aromatic carbocycles. The number of ether oxygens (including phenoxy) is 1. The third kappa shape index (κ3) is 2.38. The molecule has 0 radical (unpaired) electrons. The lowest BCUT2D eigenvalue weighted by atomic mass is 9.98. The van der Waals surface area contributed by atoms with E-state index in [0.29, 0.717) is 11.8 Å². The second-order valence-corrected chi connectivity index (χ2v) is 4.24. The molecule has 1 aliphatic rings. The SMILES string of the molecule is CC1C(=N)CCC1COc1ccccc1. The van der Waals surface area contributed by atoms with Gasteiger partial charge in [0.2, 0.25) is 0 Å². The Labute approximate surface area is 90.8 Å². The Bertz CT molecular complexity index is 334. The van der Waals surface area contributed by atoms with Gasteiger partial charge in [0.25, 0.3) is 0 Å². The average molecular weight is 203 g/mol. The van der Waals surface area contributed by atoms with Crippen LogP contribution in [0, 0.1) is 17.2 Å². The summed E-state index contributed by atoms with van der Waals surface area (Å²) in [5.74, 6) is 1.86. The molecule has 0 bridgehead atoms. The maximum Gasteiger partial charge on any atom is 0.119 e. The lowest BCUT2D eigenvalue weighted by Gasteiger charge is -2.15. The Morgan fingerprint density at radius 2 is 2.07 bits per heavy atom. The first-order valence-corrected chi connectivity index (χ1v) is 5.52. The second kappa shape index (κ2) is 4.47. The van der Waals surface area contributed by atoms with Crippen LogP contribution in [0.2, 0.25) is 0 Å². The summed E-state index contributed by atoms with van der Waals surface area (Å²) in [5.41, 5.74) is 0.886.